The van der Waals surface area contributed by atoms with Gasteiger partial charge in [0.15, 0.2) is 23.3 Å². The maximum absolute atomic E-state index is 13.7. The van der Waals surface area contributed by atoms with Crippen molar-refractivity contribution in [1.29, 1.82) is 0 Å². The largest absolute Gasteiger partial charge is 0.316 e. The van der Waals surface area contributed by atoms with Gasteiger partial charge >= 0.3 is 0 Å². The lowest BCUT2D eigenvalue weighted by atomic mass is 10.2. The minimum absolute atomic E-state index is 0.0660. The highest BCUT2D eigenvalue weighted by Crippen LogP contribution is 2.29. The molecular formula is C17H6F5N3O2S. The number of nitrogens with zero attached hydrogens (tertiary/aromatic N) is 2. The minimum atomic E-state index is -2.33. The molecule has 1 aromatic carbocycles. The van der Waals surface area contributed by atoms with E-state index in [0.29, 0.717) is 5.65 Å². The molecule has 4 rings (SSSR count). The van der Waals surface area contributed by atoms with Gasteiger partial charge in [0.2, 0.25) is 5.82 Å². The van der Waals surface area contributed by atoms with Crippen LogP contribution < -0.4 is 10.9 Å². The number of nitrogens with one attached hydrogen (secondary N) is 1. The molecule has 0 aliphatic carbocycles. The number of fused-ring (bicyclic) bond motifs is 2. The third-order valence-corrected chi connectivity index (χ3v) is 4.92. The first-order valence-electron chi connectivity index (χ1n) is 7.53. The summed E-state index contributed by atoms with van der Waals surface area (Å²) in [5.74, 6) is -12.2. The summed E-state index contributed by atoms with van der Waals surface area (Å²) in [5.41, 5.74) is -1.64. The molecule has 0 fully saturated rings. The molecule has 0 aliphatic rings. The van der Waals surface area contributed by atoms with E-state index in [-0.39, 0.29) is 15.1 Å². The summed E-state index contributed by atoms with van der Waals surface area (Å²) < 4.78 is 68.4. The number of hydrogen-bond donors (Lipinski definition) is 1. The normalized spacial score (nSPS) is 11.3. The highest BCUT2D eigenvalue weighted by atomic mass is 32.1. The molecule has 1 N–H and O–H groups in total. The number of rotatable bonds is 2. The first kappa shape index (κ1) is 18.0. The number of benzene rings is 1. The zero-order chi connectivity index (χ0) is 20.2. The topological polar surface area (TPSA) is 63.5 Å². The van der Waals surface area contributed by atoms with Gasteiger partial charge in [-0.15, -0.1) is 11.3 Å². The molecule has 3 aromatic heterocycles. The van der Waals surface area contributed by atoms with Crippen molar-refractivity contribution in [3.05, 3.63) is 74.8 Å². The van der Waals surface area contributed by atoms with Crippen LogP contribution in [0.2, 0.25) is 0 Å². The summed E-state index contributed by atoms with van der Waals surface area (Å²) in [6.45, 7) is 0. The summed E-state index contributed by atoms with van der Waals surface area (Å²) >= 11 is 0.734. The van der Waals surface area contributed by atoms with Gasteiger partial charge in [-0.1, -0.05) is 6.07 Å². The zero-order valence-corrected chi connectivity index (χ0v) is 14.2. The van der Waals surface area contributed by atoms with E-state index in [2.05, 4.69) is 4.98 Å². The number of halogens is 5. The molecule has 0 radical (unpaired) electrons. The predicted octanol–water partition coefficient (Wildman–Crippen LogP) is 3.86. The average Bonchev–Trinajstić information content (AvgIpc) is 3.13. The SMILES string of the molecule is O=C(Nc1c(F)c(F)c(F)c(F)c1F)c1cc2c(=O)n3ccccc3nc2s1. The summed E-state index contributed by atoms with van der Waals surface area (Å²) in [6, 6.07) is 5.95. The van der Waals surface area contributed by atoms with Crippen LogP contribution in [0.25, 0.3) is 15.9 Å². The van der Waals surface area contributed by atoms with Crippen LogP contribution in [-0.4, -0.2) is 15.3 Å². The molecule has 11 heteroatoms. The van der Waals surface area contributed by atoms with Gasteiger partial charge in [-0.3, -0.25) is 14.0 Å². The van der Waals surface area contributed by atoms with Crippen molar-refractivity contribution in [1.82, 2.24) is 9.38 Å². The average molecular weight is 411 g/mol. The van der Waals surface area contributed by atoms with Gasteiger partial charge < -0.3 is 5.32 Å². The van der Waals surface area contributed by atoms with Crippen molar-refractivity contribution in [2.45, 2.75) is 0 Å². The van der Waals surface area contributed by atoms with Gasteiger partial charge in [-0.25, -0.2) is 26.9 Å². The van der Waals surface area contributed by atoms with E-state index in [1.165, 1.54) is 10.6 Å². The lowest BCUT2D eigenvalue weighted by molar-refractivity contribution is 0.102. The lowest BCUT2D eigenvalue weighted by Crippen LogP contribution is -2.16. The fourth-order valence-corrected chi connectivity index (χ4v) is 3.47. The monoisotopic (exact) mass is 411 g/mol. The molecule has 0 spiro atoms. The van der Waals surface area contributed by atoms with Crippen LogP contribution in [0.3, 0.4) is 0 Å². The fraction of sp³-hybridized carbons (Fsp3) is 0. The molecule has 4 aromatic rings. The lowest BCUT2D eigenvalue weighted by Gasteiger charge is -2.08. The summed E-state index contributed by atoms with van der Waals surface area (Å²) in [7, 11) is 0. The zero-order valence-electron chi connectivity index (χ0n) is 13.4. The van der Waals surface area contributed by atoms with Crippen LogP contribution >= 0.6 is 11.3 Å². The molecular weight excluding hydrogens is 405 g/mol. The highest BCUT2D eigenvalue weighted by molar-refractivity contribution is 7.20. The number of carbonyl (C=O) groups is 1. The van der Waals surface area contributed by atoms with Crippen LogP contribution in [0.5, 0.6) is 0 Å². The molecule has 0 saturated heterocycles. The predicted molar refractivity (Wildman–Crippen MR) is 91.0 cm³/mol. The first-order valence-corrected chi connectivity index (χ1v) is 8.35. The van der Waals surface area contributed by atoms with Gasteiger partial charge in [0.25, 0.3) is 11.5 Å². The molecule has 28 heavy (non-hydrogen) atoms. The maximum Gasteiger partial charge on any atom is 0.266 e. The van der Waals surface area contributed by atoms with Crippen molar-refractivity contribution in [2.75, 3.05) is 5.32 Å². The Morgan fingerprint density at radius 1 is 1.00 bits per heavy atom. The molecule has 0 bridgehead atoms. The molecule has 0 unspecified atom stereocenters. The van der Waals surface area contributed by atoms with E-state index >= 15 is 0 Å². The number of pyridine rings is 1. The smallest absolute Gasteiger partial charge is 0.266 e. The second-order valence-corrected chi connectivity index (χ2v) is 6.60. The summed E-state index contributed by atoms with van der Waals surface area (Å²) in [6.07, 6.45) is 1.47. The first-order chi connectivity index (χ1) is 13.3. The number of hydrogen-bond acceptors (Lipinski definition) is 4. The van der Waals surface area contributed by atoms with Crippen molar-refractivity contribution in [3.8, 4) is 0 Å². The second-order valence-electron chi connectivity index (χ2n) is 5.57. The number of carbonyl (C=O) groups excluding carboxylic acids is 1. The van der Waals surface area contributed by atoms with Crippen LogP contribution in [0.15, 0.2) is 35.3 Å². The van der Waals surface area contributed by atoms with E-state index in [0.717, 1.165) is 17.4 Å². The molecule has 0 saturated carbocycles. The van der Waals surface area contributed by atoms with E-state index in [1.54, 1.807) is 23.5 Å². The Morgan fingerprint density at radius 3 is 2.32 bits per heavy atom. The quantitative estimate of drug-likeness (QED) is 0.310. The second kappa shape index (κ2) is 6.37. The van der Waals surface area contributed by atoms with Gasteiger partial charge in [0, 0.05) is 6.20 Å². The van der Waals surface area contributed by atoms with E-state index in [1.807, 2.05) is 0 Å². The summed E-state index contributed by atoms with van der Waals surface area (Å²) in [4.78, 5) is 28.9. The van der Waals surface area contributed by atoms with Crippen LogP contribution in [0, 0.1) is 29.1 Å². The Bertz CT molecular complexity index is 1320. The third-order valence-electron chi connectivity index (χ3n) is 3.89. The minimum Gasteiger partial charge on any atom is -0.316 e. The Labute approximate surface area is 155 Å². The molecule has 5 nitrogen and oxygen atoms in total. The van der Waals surface area contributed by atoms with Gasteiger partial charge in [-0.2, -0.15) is 0 Å². The Morgan fingerprint density at radius 2 is 1.64 bits per heavy atom. The van der Waals surface area contributed by atoms with E-state index in [9.17, 15) is 31.5 Å². The Balaban J connectivity index is 1.80. The van der Waals surface area contributed by atoms with Gasteiger partial charge in [-0.05, 0) is 18.2 Å². The maximum atomic E-state index is 13.7. The van der Waals surface area contributed by atoms with Crippen LogP contribution in [-0.2, 0) is 0 Å². The fourth-order valence-electron chi connectivity index (χ4n) is 2.55. The van der Waals surface area contributed by atoms with Gasteiger partial charge in [0.05, 0.1) is 10.3 Å². The van der Waals surface area contributed by atoms with Crippen molar-refractivity contribution in [3.63, 3.8) is 0 Å². The highest BCUT2D eigenvalue weighted by Gasteiger charge is 2.27. The summed E-state index contributed by atoms with van der Waals surface area (Å²) in [5, 5.41) is 1.73. The third kappa shape index (κ3) is 2.62. The number of amides is 1. The Kier molecular flexibility index (Phi) is 4.11. The van der Waals surface area contributed by atoms with Gasteiger partial charge in [0.1, 0.15) is 16.2 Å². The molecule has 142 valence electrons. The van der Waals surface area contributed by atoms with Crippen molar-refractivity contribution in [2.24, 2.45) is 0 Å². The standard InChI is InChI=1S/C17H6F5N3O2S/c18-9-10(19)12(21)14(13(22)11(9)20)24-15(26)7-5-6-16(28-7)23-8-3-1-2-4-25(8)17(6)27/h1-5H,(H,24,26). The molecule has 1 amide bonds. The van der Waals surface area contributed by atoms with Crippen LogP contribution in [0.4, 0.5) is 27.6 Å². The number of thiophene rings is 1. The number of aromatic nitrogens is 2. The van der Waals surface area contributed by atoms with E-state index < -0.39 is 46.2 Å². The van der Waals surface area contributed by atoms with Crippen molar-refractivity contribution < 1.29 is 26.7 Å². The van der Waals surface area contributed by atoms with Crippen molar-refractivity contribution >= 4 is 38.8 Å². The Hall–Kier alpha value is -3.34. The number of anilines is 1. The van der Waals surface area contributed by atoms with E-state index in [4.69, 9.17) is 0 Å². The van der Waals surface area contributed by atoms with Crippen LogP contribution in [0.1, 0.15) is 9.67 Å². The molecule has 0 aliphatic heterocycles. The molecule has 0 atom stereocenters. The molecule has 3 heterocycles.